The number of ether oxygens (including phenoxy) is 1. The standard InChI is InChI=1S/C19H25N3O3.C2HF3O2/c1-13-8-16(13)18(24)22-11-19(12-22)5-2-14(10-25-19)9-21-17(23)15-3-6-20-7-4-15;3-2(4,5)1(6)7/h3-4,6-7,13-14,16H,2,5,8-12H2,1H3,(H,21,23);(H,6,7). The minimum Gasteiger partial charge on any atom is -0.475 e. The number of aliphatic carboxylic acids is 1. The Morgan fingerprint density at radius 2 is 1.88 bits per heavy atom. The number of halogens is 3. The third-order valence-electron chi connectivity index (χ3n) is 6.07. The molecule has 11 heteroatoms. The third kappa shape index (κ3) is 5.96. The number of amides is 2. The molecule has 3 unspecified atom stereocenters. The molecule has 8 nitrogen and oxygen atoms in total. The normalized spacial score (nSPS) is 25.8. The predicted octanol–water partition coefficient (Wildman–Crippen LogP) is 2.11. The van der Waals surface area contributed by atoms with Crippen molar-refractivity contribution in [2.75, 3.05) is 26.2 Å². The number of hydrogen-bond acceptors (Lipinski definition) is 5. The number of nitrogens with zero attached hydrogens (tertiary/aromatic N) is 2. The van der Waals surface area contributed by atoms with Crippen molar-refractivity contribution < 1.29 is 37.4 Å². The Morgan fingerprint density at radius 1 is 1.28 bits per heavy atom. The molecule has 3 fully saturated rings. The Hall–Kier alpha value is -2.69. The van der Waals surface area contributed by atoms with Gasteiger partial charge < -0.3 is 20.1 Å². The molecule has 3 heterocycles. The summed E-state index contributed by atoms with van der Waals surface area (Å²) in [7, 11) is 0. The highest BCUT2D eigenvalue weighted by atomic mass is 19.4. The van der Waals surface area contributed by atoms with E-state index >= 15 is 0 Å². The zero-order valence-electron chi connectivity index (χ0n) is 17.6. The van der Waals surface area contributed by atoms with Crippen molar-refractivity contribution in [1.29, 1.82) is 0 Å². The van der Waals surface area contributed by atoms with Gasteiger partial charge in [0.1, 0.15) is 5.60 Å². The zero-order chi connectivity index (χ0) is 23.5. The van der Waals surface area contributed by atoms with E-state index in [0.717, 1.165) is 32.4 Å². The van der Waals surface area contributed by atoms with Crippen LogP contribution >= 0.6 is 0 Å². The van der Waals surface area contributed by atoms with Gasteiger partial charge in [-0.1, -0.05) is 6.92 Å². The lowest BCUT2D eigenvalue weighted by atomic mass is 9.82. The van der Waals surface area contributed by atoms with Gasteiger partial charge in [-0.05, 0) is 43.2 Å². The minimum atomic E-state index is -5.08. The van der Waals surface area contributed by atoms with Crippen LogP contribution in [0.1, 0.15) is 36.5 Å². The van der Waals surface area contributed by atoms with Crippen LogP contribution in [0.25, 0.3) is 0 Å². The summed E-state index contributed by atoms with van der Waals surface area (Å²) in [5, 5.41) is 10.1. The highest BCUT2D eigenvalue weighted by molar-refractivity contribution is 5.93. The molecule has 1 saturated carbocycles. The van der Waals surface area contributed by atoms with Gasteiger partial charge in [0.05, 0.1) is 19.7 Å². The molecule has 2 N–H and O–H groups in total. The Morgan fingerprint density at radius 3 is 2.34 bits per heavy atom. The third-order valence-corrected chi connectivity index (χ3v) is 6.07. The van der Waals surface area contributed by atoms with E-state index in [4.69, 9.17) is 14.6 Å². The van der Waals surface area contributed by atoms with E-state index in [0.29, 0.717) is 36.5 Å². The van der Waals surface area contributed by atoms with E-state index in [1.807, 2.05) is 4.90 Å². The van der Waals surface area contributed by atoms with Crippen LogP contribution in [0, 0.1) is 17.8 Å². The fraction of sp³-hybridized carbons (Fsp3) is 0.619. The summed E-state index contributed by atoms with van der Waals surface area (Å²) in [5.41, 5.74) is 0.505. The number of carbonyl (C=O) groups excluding carboxylic acids is 2. The summed E-state index contributed by atoms with van der Waals surface area (Å²) in [4.78, 5) is 39.1. The van der Waals surface area contributed by atoms with Crippen LogP contribution in [0.2, 0.25) is 0 Å². The summed E-state index contributed by atoms with van der Waals surface area (Å²) >= 11 is 0. The van der Waals surface area contributed by atoms with Crippen molar-refractivity contribution in [2.24, 2.45) is 17.8 Å². The van der Waals surface area contributed by atoms with Crippen LogP contribution in [0.15, 0.2) is 24.5 Å². The Balaban J connectivity index is 0.000000360. The molecule has 3 aliphatic rings. The molecule has 176 valence electrons. The number of carboxylic acid groups (broad SMARTS) is 1. The first kappa shape index (κ1) is 24.0. The SMILES string of the molecule is CC1CC1C(=O)N1CC2(CCC(CNC(=O)c3ccncc3)CO2)C1.O=C(O)C(F)(F)F. The fourth-order valence-electron chi connectivity index (χ4n) is 3.88. The summed E-state index contributed by atoms with van der Waals surface area (Å²) < 4.78 is 37.8. The molecule has 0 bridgehead atoms. The second kappa shape index (κ2) is 9.43. The average molecular weight is 457 g/mol. The van der Waals surface area contributed by atoms with E-state index in [1.165, 1.54) is 0 Å². The molecule has 3 atom stereocenters. The summed E-state index contributed by atoms with van der Waals surface area (Å²) in [5.74, 6) is -1.35. The molecule has 1 spiro atoms. The molecule has 2 saturated heterocycles. The van der Waals surface area contributed by atoms with Crippen molar-refractivity contribution in [3.05, 3.63) is 30.1 Å². The molecule has 1 aromatic rings. The lowest BCUT2D eigenvalue weighted by molar-refractivity contribution is -0.192. The molecule has 2 amide bonds. The van der Waals surface area contributed by atoms with E-state index in [2.05, 4.69) is 17.2 Å². The second-order valence-electron chi connectivity index (χ2n) is 8.66. The topological polar surface area (TPSA) is 109 Å². The van der Waals surface area contributed by atoms with Crippen LogP contribution in [0.3, 0.4) is 0 Å². The van der Waals surface area contributed by atoms with Gasteiger partial charge in [-0.25, -0.2) is 4.79 Å². The predicted molar refractivity (Wildman–Crippen MR) is 106 cm³/mol. The van der Waals surface area contributed by atoms with Crippen molar-refractivity contribution in [3.63, 3.8) is 0 Å². The van der Waals surface area contributed by atoms with Crippen molar-refractivity contribution in [1.82, 2.24) is 15.2 Å². The van der Waals surface area contributed by atoms with Gasteiger partial charge in [-0.3, -0.25) is 14.6 Å². The molecule has 2 aliphatic heterocycles. The maximum atomic E-state index is 12.2. The minimum absolute atomic E-state index is 0.0679. The first-order valence-corrected chi connectivity index (χ1v) is 10.4. The van der Waals surface area contributed by atoms with Gasteiger partial charge in [-0.15, -0.1) is 0 Å². The number of likely N-dealkylation sites (tertiary alicyclic amines) is 1. The van der Waals surface area contributed by atoms with E-state index < -0.39 is 12.1 Å². The Labute approximate surface area is 183 Å². The number of nitrogens with one attached hydrogen (secondary N) is 1. The second-order valence-corrected chi connectivity index (χ2v) is 8.66. The molecular formula is C21H26F3N3O5. The van der Waals surface area contributed by atoms with Gasteiger partial charge in [0.2, 0.25) is 5.91 Å². The van der Waals surface area contributed by atoms with E-state index in [-0.39, 0.29) is 17.4 Å². The van der Waals surface area contributed by atoms with Gasteiger partial charge in [0.25, 0.3) is 5.91 Å². The lowest BCUT2D eigenvalue weighted by Crippen LogP contribution is -2.66. The number of carboxylic acids is 1. The number of rotatable bonds is 4. The van der Waals surface area contributed by atoms with Crippen LogP contribution < -0.4 is 5.32 Å². The quantitative estimate of drug-likeness (QED) is 0.717. The Bertz CT molecular complexity index is 833. The molecule has 0 aromatic carbocycles. The maximum absolute atomic E-state index is 12.2. The molecule has 1 aliphatic carbocycles. The van der Waals surface area contributed by atoms with E-state index in [9.17, 15) is 22.8 Å². The van der Waals surface area contributed by atoms with Crippen molar-refractivity contribution in [3.8, 4) is 0 Å². The molecule has 4 rings (SSSR count). The number of hydrogen-bond donors (Lipinski definition) is 2. The Kier molecular flexibility index (Phi) is 7.06. The van der Waals surface area contributed by atoms with Gasteiger partial charge in [0, 0.05) is 30.4 Å². The van der Waals surface area contributed by atoms with E-state index in [1.54, 1.807) is 24.5 Å². The number of pyridine rings is 1. The average Bonchev–Trinajstić information content (AvgIpc) is 3.47. The van der Waals surface area contributed by atoms with Gasteiger partial charge in [0.15, 0.2) is 0 Å². The van der Waals surface area contributed by atoms with Crippen molar-refractivity contribution in [2.45, 2.75) is 38.0 Å². The van der Waals surface area contributed by atoms with Crippen LogP contribution in [0.5, 0.6) is 0 Å². The van der Waals surface area contributed by atoms with Gasteiger partial charge in [-0.2, -0.15) is 13.2 Å². The first-order chi connectivity index (χ1) is 15.0. The number of carbonyl (C=O) groups is 3. The highest BCUT2D eigenvalue weighted by Gasteiger charge is 2.52. The maximum Gasteiger partial charge on any atom is 0.490 e. The van der Waals surface area contributed by atoms with Crippen LogP contribution in [-0.4, -0.2) is 70.8 Å². The molecule has 0 radical (unpaired) electrons. The summed E-state index contributed by atoms with van der Waals surface area (Å²) in [6.07, 6.45) is 1.19. The van der Waals surface area contributed by atoms with Crippen LogP contribution in [-0.2, 0) is 14.3 Å². The van der Waals surface area contributed by atoms with Crippen LogP contribution in [0.4, 0.5) is 13.2 Å². The number of aromatic nitrogens is 1. The fourth-order valence-corrected chi connectivity index (χ4v) is 3.88. The summed E-state index contributed by atoms with van der Waals surface area (Å²) in [6, 6.07) is 3.42. The first-order valence-electron chi connectivity index (χ1n) is 10.4. The molecule has 32 heavy (non-hydrogen) atoms. The zero-order valence-corrected chi connectivity index (χ0v) is 17.6. The number of alkyl halides is 3. The molecular weight excluding hydrogens is 431 g/mol. The molecule has 1 aromatic heterocycles. The lowest BCUT2D eigenvalue weighted by Gasteiger charge is -2.53. The summed E-state index contributed by atoms with van der Waals surface area (Å²) in [6.45, 7) is 4.90. The van der Waals surface area contributed by atoms with Gasteiger partial charge >= 0.3 is 12.1 Å². The largest absolute Gasteiger partial charge is 0.490 e. The smallest absolute Gasteiger partial charge is 0.475 e. The monoisotopic (exact) mass is 457 g/mol. The van der Waals surface area contributed by atoms with Crippen molar-refractivity contribution >= 4 is 17.8 Å². The highest BCUT2D eigenvalue weighted by Crippen LogP contribution is 2.43.